The zero-order valence-corrected chi connectivity index (χ0v) is 12.2. The molecule has 0 spiro atoms. The Balaban J connectivity index is 2.27. The molecule has 0 aliphatic heterocycles. The SMILES string of the molecule is Cc1nc(CC(=O)c2c(C)oc(C)c2C)sc1C. The second kappa shape index (κ2) is 4.69. The molecular weight excluding hydrogens is 246 g/mol. The summed E-state index contributed by atoms with van der Waals surface area (Å²) in [6, 6.07) is 0. The Morgan fingerprint density at radius 1 is 1.17 bits per heavy atom. The summed E-state index contributed by atoms with van der Waals surface area (Å²) < 4.78 is 5.50. The lowest BCUT2D eigenvalue weighted by atomic mass is 10.0. The van der Waals surface area contributed by atoms with Gasteiger partial charge >= 0.3 is 0 Å². The molecule has 0 radical (unpaired) electrons. The molecule has 0 aliphatic rings. The van der Waals surface area contributed by atoms with Gasteiger partial charge in [-0.3, -0.25) is 4.79 Å². The Kier molecular flexibility index (Phi) is 3.39. The van der Waals surface area contributed by atoms with Crippen LogP contribution in [-0.4, -0.2) is 10.8 Å². The van der Waals surface area contributed by atoms with Crippen LogP contribution in [0.15, 0.2) is 4.42 Å². The molecule has 0 saturated heterocycles. The van der Waals surface area contributed by atoms with Crippen LogP contribution in [0.2, 0.25) is 0 Å². The minimum atomic E-state index is 0.0931. The zero-order chi connectivity index (χ0) is 13.4. The highest BCUT2D eigenvalue weighted by molar-refractivity contribution is 7.11. The van der Waals surface area contributed by atoms with Gasteiger partial charge in [0.2, 0.25) is 0 Å². The number of hydrogen-bond donors (Lipinski definition) is 0. The van der Waals surface area contributed by atoms with Crippen molar-refractivity contribution in [1.82, 2.24) is 4.98 Å². The van der Waals surface area contributed by atoms with Gasteiger partial charge in [0.15, 0.2) is 5.78 Å². The van der Waals surface area contributed by atoms with E-state index in [1.807, 2.05) is 34.6 Å². The Labute approximate surface area is 111 Å². The van der Waals surface area contributed by atoms with Crippen LogP contribution in [0.3, 0.4) is 0 Å². The number of rotatable bonds is 3. The lowest BCUT2D eigenvalue weighted by Gasteiger charge is -1.98. The van der Waals surface area contributed by atoms with Crippen molar-refractivity contribution in [2.45, 2.75) is 41.0 Å². The summed E-state index contributed by atoms with van der Waals surface area (Å²) in [6.07, 6.45) is 0.361. The summed E-state index contributed by atoms with van der Waals surface area (Å²) in [5, 5.41) is 0.882. The van der Waals surface area contributed by atoms with Crippen LogP contribution in [0.4, 0.5) is 0 Å². The molecule has 0 aliphatic carbocycles. The number of carbonyl (C=O) groups is 1. The molecule has 2 rings (SSSR count). The van der Waals surface area contributed by atoms with Crippen molar-refractivity contribution in [2.75, 3.05) is 0 Å². The number of aromatic nitrogens is 1. The molecule has 2 aromatic heterocycles. The normalized spacial score (nSPS) is 10.9. The number of thiazole rings is 1. The first kappa shape index (κ1) is 13.0. The van der Waals surface area contributed by atoms with E-state index in [1.165, 1.54) is 4.88 Å². The van der Waals surface area contributed by atoms with Crippen LogP contribution in [0.25, 0.3) is 0 Å². The largest absolute Gasteiger partial charge is 0.466 e. The molecular formula is C14H17NO2S. The Morgan fingerprint density at radius 2 is 1.83 bits per heavy atom. The average Bonchev–Trinajstić information content (AvgIpc) is 2.69. The molecule has 4 heteroatoms. The van der Waals surface area contributed by atoms with Crippen molar-refractivity contribution in [3.8, 4) is 0 Å². The molecule has 2 heterocycles. The van der Waals surface area contributed by atoms with Gasteiger partial charge in [0.25, 0.3) is 0 Å². The predicted molar refractivity (Wildman–Crippen MR) is 72.5 cm³/mol. The third kappa shape index (κ3) is 2.25. The van der Waals surface area contributed by atoms with Gasteiger partial charge in [0.05, 0.1) is 17.7 Å². The van der Waals surface area contributed by atoms with Crippen LogP contribution in [0.5, 0.6) is 0 Å². The van der Waals surface area contributed by atoms with Gasteiger partial charge in [-0.25, -0.2) is 4.98 Å². The van der Waals surface area contributed by atoms with Crippen molar-refractivity contribution >= 4 is 17.1 Å². The predicted octanol–water partition coefficient (Wildman–Crippen LogP) is 3.70. The lowest BCUT2D eigenvalue weighted by Crippen LogP contribution is -2.05. The van der Waals surface area contributed by atoms with Crippen LogP contribution in [-0.2, 0) is 6.42 Å². The molecule has 0 saturated carbocycles. The fraction of sp³-hybridized carbons (Fsp3) is 0.429. The van der Waals surface area contributed by atoms with E-state index in [1.54, 1.807) is 11.3 Å². The second-order valence-corrected chi connectivity index (χ2v) is 5.85. The van der Waals surface area contributed by atoms with Crippen molar-refractivity contribution < 1.29 is 9.21 Å². The van der Waals surface area contributed by atoms with Crippen molar-refractivity contribution in [3.63, 3.8) is 0 Å². The van der Waals surface area contributed by atoms with E-state index in [0.717, 1.165) is 27.6 Å². The van der Waals surface area contributed by atoms with E-state index in [9.17, 15) is 4.79 Å². The maximum absolute atomic E-state index is 12.3. The Morgan fingerprint density at radius 3 is 2.28 bits per heavy atom. The number of carbonyl (C=O) groups excluding carboxylic acids is 1. The topological polar surface area (TPSA) is 43.1 Å². The molecule has 0 N–H and O–H groups in total. The van der Waals surface area contributed by atoms with E-state index in [-0.39, 0.29) is 5.78 Å². The van der Waals surface area contributed by atoms with E-state index in [2.05, 4.69) is 4.98 Å². The van der Waals surface area contributed by atoms with Gasteiger partial charge in [0.1, 0.15) is 16.5 Å². The summed E-state index contributed by atoms with van der Waals surface area (Å²) in [5.74, 6) is 1.62. The molecule has 3 nitrogen and oxygen atoms in total. The van der Waals surface area contributed by atoms with Gasteiger partial charge in [-0.2, -0.15) is 0 Å². The highest BCUT2D eigenvalue weighted by Crippen LogP contribution is 2.24. The number of furan rings is 1. The molecule has 0 bridgehead atoms. The monoisotopic (exact) mass is 263 g/mol. The highest BCUT2D eigenvalue weighted by atomic mass is 32.1. The molecule has 18 heavy (non-hydrogen) atoms. The number of Topliss-reactive ketones (excluding diaryl/α,β-unsaturated/α-hetero) is 1. The fourth-order valence-corrected chi connectivity index (χ4v) is 2.98. The second-order valence-electron chi connectivity index (χ2n) is 4.56. The van der Waals surface area contributed by atoms with Crippen LogP contribution in [0, 0.1) is 34.6 Å². The molecule has 0 fully saturated rings. The summed E-state index contributed by atoms with van der Waals surface area (Å²) >= 11 is 1.59. The van der Waals surface area contributed by atoms with Gasteiger partial charge < -0.3 is 4.42 Å². The quantitative estimate of drug-likeness (QED) is 0.793. The van der Waals surface area contributed by atoms with E-state index in [0.29, 0.717) is 12.2 Å². The fourth-order valence-electron chi connectivity index (χ4n) is 2.04. The average molecular weight is 263 g/mol. The third-order valence-corrected chi connectivity index (χ3v) is 4.30. The van der Waals surface area contributed by atoms with E-state index < -0.39 is 0 Å². The lowest BCUT2D eigenvalue weighted by molar-refractivity contribution is 0.0991. The smallest absolute Gasteiger partial charge is 0.173 e. The molecule has 0 unspecified atom stereocenters. The highest BCUT2D eigenvalue weighted by Gasteiger charge is 2.20. The number of aryl methyl sites for hydroxylation is 4. The molecule has 2 aromatic rings. The van der Waals surface area contributed by atoms with Gasteiger partial charge in [-0.15, -0.1) is 11.3 Å². The van der Waals surface area contributed by atoms with Crippen LogP contribution in [0.1, 0.15) is 43.0 Å². The third-order valence-electron chi connectivity index (χ3n) is 3.22. The maximum atomic E-state index is 12.3. The summed E-state index contributed by atoms with van der Waals surface area (Å²) in [4.78, 5) is 17.9. The van der Waals surface area contributed by atoms with E-state index >= 15 is 0 Å². The van der Waals surface area contributed by atoms with Gasteiger partial charge in [-0.1, -0.05) is 0 Å². The summed E-state index contributed by atoms with van der Waals surface area (Å²) in [7, 11) is 0. The molecule has 96 valence electrons. The zero-order valence-electron chi connectivity index (χ0n) is 11.4. The molecule has 0 aromatic carbocycles. The molecule has 0 atom stereocenters. The van der Waals surface area contributed by atoms with Crippen LogP contribution >= 0.6 is 11.3 Å². The van der Waals surface area contributed by atoms with Crippen molar-refractivity contribution in [2.24, 2.45) is 0 Å². The standard InChI is InChI=1S/C14H17NO2S/c1-7-9(3)17-10(4)14(7)12(16)6-13-15-8(2)11(5)18-13/h6H2,1-5H3. The summed E-state index contributed by atoms with van der Waals surface area (Å²) in [5.41, 5.74) is 2.68. The van der Waals surface area contributed by atoms with Crippen molar-refractivity contribution in [3.05, 3.63) is 38.2 Å². The Bertz CT molecular complexity index is 588. The number of ketones is 1. The van der Waals surface area contributed by atoms with Gasteiger partial charge in [0, 0.05) is 10.4 Å². The van der Waals surface area contributed by atoms with E-state index in [4.69, 9.17) is 4.42 Å². The minimum Gasteiger partial charge on any atom is -0.466 e. The van der Waals surface area contributed by atoms with Crippen LogP contribution < -0.4 is 0 Å². The number of nitrogens with zero attached hydrogens (tertiary/aromatic N) is 1. The minimum absolute atomic E-state index is 0.0931. The maximum Gasteiger partial charge on any atom is 0.173 e. The number of hydrogen-bond acceptors (Lipinski definition) is 4. The Hall–Kier alpha value is -1.42. The summed E-state index contributed by atoms with van der Waals surface area (Å²) in [6.45, 7) is 9.65. The first-order valence-electron chi connectivity index (χ1n) is 5.92. The first-order valence-corrected chi connectivity index (χ1v) is 6.74. The van der Waals surface area contributed by atoms with Gasteiger partial charge in [-0.05, 0) is 34.6 Å². The molecule has 0 amide bonds. The van der Waals surface area contributed by atoms with Crippen molar-refractivity contribution in [1.29, 1.82) is 0 Å². The first-order chi connectivity index (χ1) is 8.40.